The van der Waals surface area contributed by atoms with Crippen LogP contribution < -0.4 is 5.73 Å². The number of benzene rings is 1. The molecule has 0 radical (unpaired) electrons. The Bertz CT molecular complexity index is 407. The minimum absolute atomic E-state index is 0.122. The van der Waals surface area contributed by atoms with E-state index in [1.54, 1.807) is 6.07 Å². The molecule has 0 unspecified atom stereocenters. The zero-order valence-corrected chi connectivity index (χ0v) is 9.43. The van der Waals surface area contributed by atoms with Gasteiger partial charge in [-0.3, -0.25) is 0 Å². The van der Waals surface area contributed by atoms with Gasteiger partial charge in [-0.2, -0.15) is 0 Å². The fourth-order valence-electron chi connectivity index (χ4n) is 1.40. The van der Waals surface area contributed by atoms with Gasteiger partial charge in [-0.1, -0.05) is 12.2 Å². The van der Waals surface area contributed by atoms with E-state index >= 15 is 0 Å². The lowest BCUT2D eigenvalue weighted by Crippen LogP contribution is -2.35. The molecule has 0 spiro atoms. The van der Waals surface area contributed by atoms with E-state index in [0.717, 1.165) is 5.56 Å². The number of nitrogens with two attached hydrogens (primary N) is 1. The summed E-state index contributed by atoms with van der Waals surface area (Å²) in [6.07, 6.45) is 0.122. The van der Waals surface area contributed by atoms with Gasteiger partial charge >= 0.3 is 0 Å². The first-order valence-electron chi connectivity index (χ1n) is 4.94. The van der Waals surface area contributed by atoms with E-state index in [-0.39, 0.29) is 16.9 Å². The third kappa shape index (κ3) is 2.75. The third-order valence-corrected chi connectivity index (χ3v) is 2.57. The maximum Gasteiger partial charge on any atom is 0.124 e. The second-order valence-electron chi connectivity index (χ2n) is 3.68. The number of ether oxygens (including phenoxy) is 2. The van der Waals surface area contributed by atoms with Crippen LogP contribution in [0.5, 0.6) is 0 Å². The summed E-state index contributed by atoms with van der Waals surface area (Å²) in [5.74, 6) is -0.353. The van der Waals surface area contributed by atoms with Crippen molar-refractivity contribution in [2.75, 3.05) is 13.2 Å². The smallest absolute Gasteiger partial charge is 0.124 e. The third-order valence-electron chi connectivity index (χ3n) is 2.34. The van der Waals surface area contributed by atoms with Crippen LogP contribution in [-0.4, -0.2) is 24.3 Å². The van der Waals surface area contributed by atoms with Gasteiger partial charge in [0.1, 0.15) is 16.9 Å². The van der Waals surface area contributed by atoms with E-state index in [9.17, 15) is 4.39 Å². The first-order chi connectivity index (χ1) is 7.65. The summed E-state index contributed by atoms with van der Waals surface area (Å²) in [7, 11) is 0. The van der Waals surface area contributed by atoms with Crippen molar-refractivity contribution >= 4 is 17.2 Å². The average molecular weight is 241 g/mol. The molecule has 2 N–H and O–H groups in total. The van der Waals surface area contributed by atoms with E-state index in [1.165, 1.54) is 12.1 Å². The van der Waals surface area contributed by atoms with E-state index in [2.05, 4.69) is 0 Å². The second-order valence-corrected chi connectivity index (χ2v) is 4.12. The molecule has 16 heavy (non-hydrogen) atoms. The highest BCUT2D eigenvalue weighted by Gasteiger charge is 2.18. The summed E-state index contributed by atoms with van der Waals surface area (Å²) in [6.45, 7) is 1.57. The van der Waals surface area contributed by atoms with Crippen molar-refractivity contribution in [1.29, 1.82) is 0 Å². The van der Waals surface area contributed by atoms with Crippen molar-refractivity contribution in [3.63, 3.8) is 0 Å². The molecule has 1 aliphatic rings. The number of halogens is 1. The highest BCUT2D eigenvalue weighted by Crippen LogP contribution is 2.13. The average Bonchev–Trinajstić information content (AvgIpc) is 2.14. The molecule has 1 saturated heterocycles. The van der Waals surface area contributed by atoms with Crippen molar-refractivity contribution in [2.24, 2.45) is 5.73 Å². The van der Waals surface area contributed by atoms with Crippen molar-refractivity contribution in [3.05, 3.63) is 35.1 Å². The Morgan fingerprint density at radius 1 is 1.50 bits per heavy atom. The van der Waals surface area contributed by atoms with E-state index in [4.69, 9.17) is 27.4 Å². The molecule has 1 heterocycles. The van der Waals surface area contributed by atoms with Crippen LogP contribution in [0.4, 0.5) is 4.39 Å². The van der Waals surface area contributed by atoms with Crippen LogP contribution in [0.25, 0.3) is 0 Å². The van der Waals surface area contributed by atoms with Crippen LogP contribution in [0.1, 0.15) is 11.1 Å². The highest BCUT2D eigenvalue weighted by atomic mass is 32.1. The number of hydrogen-bond acceptors (Lipinski definition) is 3. The largest absolute Gasteiger partial charge is 0.389 e. The van der Waals surface area contributed by atoms with Crippen molar-refractivity contribution in [3.8, 4) is 0 Å². The molecule has 1 fully saturated rings. The fraction of sp³-hybridized carbons (Fsp3) is 0.364. The molecule has 0 amide bonds. The summed E-state index contributed by atoms with van der Waals surface area (Å²) in [5.41, 5.74) is 6.71. The van der Waals surface area contributed by atoms with Crippen LogP contribution in [0.3, 0.4) is 0 Å². The van der Waals surface area contributed by atoms with Gasteiger partial charge in [-0.25, -0.2) is 4.39 Å². The molecule has 5 heteroatoms. The number of hydrogen-bond donors (Lipinski definition) is 1. The number of thiocarbonyl (C=S) groups is 1. The van der Waals surface area contributed by atoms with Gasteiger partial charge in [0, 0.05) is 5.56 Å². The topological polar surface area (TPSA) is 44.5 Å². The first kappa shape index (κ1) is 11.4. The molecule has 2 rings (SSSR count). The van der Waals surface area contributed by atoms with Gasteiger partial charge in [-0.15, -0.1) is 0 Å². The Balaban J connectivity index is 2.04. The predicted molar refractivity (Wildman–Crippen MR) is 61.7 cm³/mol. The molecule has 0 aromatic heterocycles. The fourth-order valence-corrected chi connectivity index (χ4v) is 1.52. The van der Waals surface area contributed by atoms with Gasteiger partial charge < -0.3 is 15.2 Å². The van der Waals surface area contributed by atoms with E-state index < -0.39 is 0 Å². The standard InChI is InChI=1S/C11H12FNO2S/c12-9-2-7(1-8(3-9)11(13)16)4-15-10-5-14-6-10/h1-3,10H,4-6H2,(H2,13,16). The Morgan fingerprint density at radius 3 is 2.81 bits per heavy atom. The minimum atomic E-state index is -0.353. The molecule has 0 aliphatic carbocycles. The highest BCUT2D eigenvalue weighted by molar-refractivity contribution is 7.80. The molecular formula is C11H12FNO2S. The Labute approximate surface area is 98.3 Å². The zero-order valence-electron chi connectivity index (χ0n) is 8.61. The van der Waals surface area contributed by atoms with Gasteiger partial charge in [0.15, 0.2) is 0 Å². The predicted octanol–water partition coefficient (Wildman–Crippen LogP) is 1.38. The van der Waals surface area contributed by atoms with Crippen molar-refractivity contribution < 1.29 is 13.9 Å². The lowest BCUT2D eigenvalue weighted by molar-refractivity contribution is -0.135. The van der Waals surface area contributed by atoms with Crippen molar-refractivity contribution in [2.45, 2.75) is 12.7 Å². The molecular weight excluding hydrogens is 229 g/mol. The van der Waals surface area contributed by atoms with E-state index in [1.807, 2.05) is 0 Å². The molecule has 3 nitrogen and oxygen atoms in total. The van der Waals surface area contributed by atoms with Gasteiger partial charge in [0.2, 0.25) is 0 Å². The molecule has 86 valence electrons. The first-order valence-corrected chi connectivity index (χ1v) is 5.34. The lowest BCUT2D eigenvalue weighted by Gasteiger charge is -2.26. The monoisotopic (exact) mass is 241 g/mol. The molecule has 0 atom stereocenters. The molecule has 1 aliphatic heterocycles. The Kier molecular flexibility index (Phi) is 3.48. The lowest BCUT2D eigenvalue weighted by atomic mass is 10.1. The van der Waals surface area contributed by atoms with Gasteiger partial charge in [0.05, 0.1) is 19.8 Å². The van der Waals surface area contributed by atoms with Gasteiger partial charge in [-0.05, 0) is 23.8 Å². The summed E-state index contributed by atoms with van der Waals surface area (Å²) in [4.78, 5) is 0.188. The molecule has 0 saturated carbocycles. The Hall–Kier alpha value is -1.04. The van der Waals surface area contributed by atoms with Gasteiger partial charge in [0.25, 0.3) is 0 Å². The molecule has 1 aromatic rings. The van der Waals surface area contributed by atoms with Crippen LogP contribution in [0, 0.1) is 5.82 Å². The zero-order chi connectivity index (χ0) is 11.5. The molecule has 0 bridgehead atoms. The maximum absolute atomic E-state index is 13.2. The summed E-state index contributed by atoms with van der Waals surface area (Å²) < 4.78 is 23.7. The van der Waals surface area contributed by atoms with Crippen molar-refractivity contribution in [1.82, 2.24) is 0 Å². The van der Waals surface area contributed by atoms with Crippen LogP contribution in [-0.2, 0) is 16.1 Å². The van der Waals surface area contributed by atoms with E-state index in [0.29, 0.717) is 25.4 Å². The van der Waals surface area contributed by atoms with Crippen LogP contribution in [0.15, 0.2) is 18.2 Å². The maximum atomic E-state index is 13.2. The summed E-state index contributed by atoms with van der Waals surface area (Å²) >= 11 is 4.80. The molecule has 1 aromatic carbocycles. The number of rotatable bonds is 4. The normalized spacial score (nSPS) is 15.8. The summed E-state index contributed by atoms with van der Waals surface area (Å²) in [5, 5.41) is 0. The van der Waals surface area contributed by atoms with Crippen LogP contribution in [0.2, 0.25) is 0 Å². The quantitative estimate of drug-likeness (QED) is 0.809. The SMILES string of the molecule is NC(=S)c1cc(F)cc(COC2COC2)c1. The Morgan fingerprint density at radius 2 is 2.25 bits per heavy atom. The minimum Gasteiger partial charge on any atom is -0.389 e. The summed E-state index contributed by atoms with van der Waals surface area (Å²) in [6, 6.07) is 4.48. The van der Waals surface area contributed by atoms with Crippen LogP contribution >= 0.6 is 12.2 Å². The second kappa shape index (κ2) is 4.86.